The van der Waals surface area contributed by atoms with E-state index in [9.17, 15) is 0 Å². The third-order valence-corrected chi connectivity index (χ3v) is 2.79. The first kappa shape index (κ1) is 14.4. The van der Waals surface area contributed by atoms with Crippen molar-refractivity contribution in [2.24, 2.45) is 0 Å². The average Bonchev–Trinajstić information content (AvgIpc) is 2.46. The number of aromatic nitrogens is 3. The Labute approximate surface area is 119 Å². The van der Waals surface area contributed by atoms with E-state index in [1.54, 1.807) is 19.5 Å². The normalized spacial score (nSPS) is 10.5. The van der Waals surface area contributed by atoms with E-state index in [1.807, 2.05) is 18.2 Å². The van der Waals surface area contributed by atoms with E-state index in [0.29, 0.717) is 13.0 Å². The minimum atomic E-state index is 0.493. The Hall–Kier alpha value is -2.01. The minimum absolute atomic E-state index is 0.493. The molecule has 0 aliphatic carbocycles. The Morgan fingerprint density at radius 2 is 2.00 bits per heavy atom. The first-order valence-corrected chi connectivity index (χ1v) is 6.80. The van der Waals surface area contributed by atoms with Gasteiger partial charge in [-0.2, -0.15) is 0 Å². The van der Waals surface area contributed by atoms with Crippen LogP contribution in [0.5, 0.6) is 0 Å². The first-order valence-electron chi connectivity index (χ1n) is 6.80. The maximum atomic E-state index is 5.16. The Kier molecular flexibility index (Phi) is 5.43. The summed E-state index contributed by atoms with van der Waals surface area (Å²) in [6.07, 6.45) is 5.32. The lowest BCUT2D eigenvalue weighted by atomic mass is 10.2. The van der Waals surface area contributed by atoms with Crippen LogP contribution in [0.4, 0.5) is 5.82 Å². The van der Waals surface area contributed by atoms with E-state index >= 15 is 0 Å². The molecule has 0 amide bonds. The SMILES string of the molecule is CCCNc1cc(COC)nc(Cc2ccncc2)n1. The quantitative estimate of drug-likeness (QED) is 0.839. The van der Waals surface area contributed by atoms with Gasteiger partial charge in [-0.1, -0.05) is 6.92 Å². The van der Waals surface area contributed by atoms with E-state index in [0.717, 1.165) is 35.9 Å². The molecule has 0 aliphatic heterocycles. The number of nitrogens with one attached hydrogen (secondary N) is 1. The molecule has 0 bridgehead atoms. The Balaban J connectivity index is 2.19. The number of rotatable bonds is 7. The molecule has 0 aliphatic rings. The summed E-state index contributed by atoms with van der Waals surface area (Å²) in [6.45, 7) is 3.52. The molecule has 2 aromatic rings. The van der Waals surface area contributed by atoms with Crippen LogP contribution in [0.1, 0.15) is 30.4 Å². The zero-order valence-electron chi connectivity index (χ0n) is 12.0. The van der Waals surface area contributed by atoms with Crippen LogP contribution in [0.15, 0.2) is 30.6 Å². The molecule has 5 heteroatoms. The Morgan fingerprint density at radius 1 is 1.20 bits per heavy atom. The zero-order valence-corrected chi connectivity index (χ0v) is 12.0. The molecule has 2 rings (SSSR count). The molecule has 2 heterocycles. The van der Waals surface area contributed by atoms with Gasteiger partial charge in [0.2, 0.25) is 0 Å². The highest BCUT2D eigenvalue weighted by Gasteiger charge is 2.05. The van der Waals surface area contributed by atoms with Crippen molar-refractivity contribution in [3.63, 3.8) is 0 Å². The van der Waals surface area contributed by atoms with E-state index in [1.165, 1.54) is 0 Å². The van der Waals surface area contributed by atoms with Gasteiger partial charge in [0.25, 0.3) is 0 Å². The third kappa shape index (κ3) is 4.28. The van der Waals surface area contributed by atoms with Gasteiger partial charge in [-0.15, -0.1) is 0 Å². The van der Waals surface area contributed by atoms with Gasteiger partial charge in [-0.05, 0) is 24.1 Å². The largest absolute Gasteiger partial charge is 0.378 e. The fraction of sp³-hybridized carbons (Fsp3) is 0.400. The third-order valence-electron chi connectivity index (χ3n) is 2.79. The van der Waals surface area contributed by atoms with Crippen LogP contribution in [0.2, 0.25) is 0 Å². The second-order valence-corrected chi connectivity index (χ2v) is 4.55. The maximum Gasteiger partial charge on any atom is 0.135 e. The first-order chi connectivity index (χ1) is 9.81. The summed E-state index contributed by atoms with van der Waals surface area (Å²) in [7, 11) is 1.67. The van der Waals surface area contributed by atoms with Crippen molar-refractivity contribution in [1.29, 1.82) is 0 Å². The van der Waals surface area contributed by atoms with Crippen molar-refractivity contribution >= 4 is 5.82 Å². The Morgan fingerprint density at radius 3 is 2.70 bits per heavy atom. The summed E-state index contributed by atoms with van der Waals surface area (Å²) < 4.78 is 5.16. The van der Waals surface area contributed by atoms with Crippen molar-refractivity contribution in [2.45, 2.75) is 26.4 Å². The van der Waals surface area contributed by atoms with Gasteiger partial charge < -0.3 is 10.1 Å². The number of ether oxygens (including phenoxy) is 1. The molecule has 0 unspecified atom stereocenters. The van der Waals surface area contributed by atoms with Crippen LogP contribution in [0, 0.1) is 0 Å². The number of pyridine rings is 1. The number of hydrogen-bond donors (Lipinski definition) is 1. The van der Waals surface area contributed by atoms with Crippen LogP contribution < -0.4 is 5.32 Å². The summed E-state index contributed by atoms with van der Waals surface area (Å²) >= 11 is 0. The minimum Gasteiger partial charge on any atom is -0.378 e. The predicted octanol–water partition coefficient (Wildman–Crippen LogP) is 2.43. The fourth-order valence-corrected chi connectivity index (χ4v) is 1.88. The monoisotopic (exact) mass is 272 g/mol. The second kappa shape index (κ2) is 7.55. The lowest BCUT2D eigenvalue weighted by molar-refractivity contribution is 0.181. The number of anilines is 1. The van der Waals surface area contributed by atoms with Gasteiger partial charge in [-0.25, -0.2) is 9.97 Å². The van der Waals surface area contributed by atoms with Crippen molar-refractivity contribution in [1.82, 2.24) is 15.0 Å². The van der Waals surface area contributed by atoms with Gasteiger partial charge in [0.1, 0.15) is 11.6 Å². The van der Waals surface area contributed by atoms with Crippen molar-refractivity contribution < 1.29 is 4.74 Å². The van der Waals surface area contributed by atoms with Crippen LogP contribution in [-0.4, -0.2) is 28.6 Å². The van der Waals surface area contributed by atoms with Gasteiger partial charge >= 0.3 is 0 Å². The fourth-order valence-electron chi connectivity index (χ4n) is 1.88. The highest BCUT2D eigenvalue weighted by Crippen LogP contribution is 2.11. The summed E-state index contributed by atoms with van der Waals surface area (Å²) in [5.41, 5.74) is 2.04. The second-order valence-electron chi connectivity index (χ2n) is 4.55. The summed E-state index contributed by atoms with van der Waals surface area (Å²) in [4.78, 5) is 13.1. The van der Waals surface area contributed by atoms with Crippen molar-refractivity contribution in [3.8, 4) is 0 Å². The molecule has 0 aromatic carbocycles. The van der Waals surface area contributed by atoms with Gasteiger partial charge in [0.05, 0.1) is 12.3 Å². The number of methoxy groups -OCH3 is 1. The summed E-state index contributed by atoms with van der Waals surface area (Å²) in [5, 5.41) is 3.30. The molecular formula is C15H20N4O. The topological polar surface area (TPSA) is 59.9 Å². The van der Waals surface area contributed by atoms with Gasteiger partial charge in [-0.3, -0.25) is 4.98 Å². The molecule has 0 radical (unpaired) electrons. The number of hydrogen-bond acceptors (Lipinski definition) is 5. The summed E-state index contributed by atoms with van der Waals surface area (Å²) in [5.74, 6) is 1.65. The van der Waals surface area contributed by atoms with Crippen molar-refractivity contribution in [2.75, 3.05) is 19.0 Å². The molecule has 106 valence electrons. The molecule has 0 atom stereocenters. The van der Waals surface area contributed by atoms with Gasteiger partial charge in [0.15, 0.2) is 0 Å². The lowest BCUT2D eigenvalue weighted by Crippen LogP contribution is -2.08. The Bertz CT molecular complexity index is 531. The molecule has 1 N–H and O–H groups in total. The van der Waals surface area contributed by atoms with Crippen LogP contribution in [0.25, 0.3) is 0 Å². The lowest BCUT2D eigenvalue weighted by Gasteiger charge is -2.09. The number of nitrogens with zero attached hydrogens (tertiary/aromatic N) is 3. The molecule has 5 nitrogen and oxygen atoms in total. The highest BCUT2D eigenvalue weighted by molar-refractivity contribution is 5.36. The van der Waals surface area contributed by atoms with Crippen molar-refractivity contribution in [3.05, 3.63) is 47.7 Å². The zero-order chi connectivity index (χ0) is 14.2. The molecule has 0 saturated heterocycles. The van der Waals surface area contributed by atoms with E-state index in [2.05, 4.69) is 27.2 Å². The van der Waals surface area contributed by atoms with E-state index < -0.39 is 0 Å². The van der Waals surface area contributed by atoms with E-state index in [-0.39, 0.29) is 0 Å². The van der Waals surface area contributed by atoms with E-state index in [4.69, 9.17) is 4.74 Å². The predicted molar refractivity (Wildman–Crippen MR) is 78.6 cm³/mol. The molecule has 0 spiro atoms. The standard InChI is InChI=1S/C15H20N4O/c1-3-6-17-14-10-13(11-20-2)18-15(19-14)9-12-4-7-16-8-5-12/h4-5,7-8,10H,3,6,9,11H2,1-2H3,(H,17,18,19). The molecule has 0 fully saturated rings. The van der Waals surface area contributed by atoms with Crippen LogP contribution >= 0.6 is 0 Å². The highest BCUT2D eigenvalue weighted by atomic mass is 16.5. The van der Waals surface area contributed by atoms with Crippen LogP contribution in [-0.2, 0) is 17.8 Å². The maximum absolute atomic E-state index is 5.16. The molecule has 0 saturated carbocycles. The molecule has 2 aromatic heterocycles. The van der Waals surface area contributed by atoms with Crippen LogP contribution in [0.3, 0.4) is 0 Å². The smallest absolute Gasteiger partial charge is 0.135 e. The summed E-state index contributed by atoms with van der Waals surface area (Å²) in [6, 6.07) is 5.90. The molecule has 20 heavy (non-hydrogen) atoms. The van der Waals surface area contributed by atoms with Gasteiger partial charge in [0, 0.05) is 38.5 Å². The average molecular weight is 272 g/mol. The molecular weight excluding hydrogens is 252 g/mol.